The molecule has 1 aliphatic rings. The molecule has 104 valence electrons. The summed E-state index contributed by atoms with van der Waals surface area (Å²) < 4.78 is 6.58. The van der Waals surface area contributed by atoms with Gasteiger partial charge in [0.25, 0.3) is 0 Å². The van der Waals surface area contributed by atoms with Crippen LogP contribution in [0.25, 0.3) is 0 Å². The summed E-state index contributed by atoms with van der Waals surface area (Å²) in [6, 6.07) is 9.37. The van der Waals surface area contributed by atoms with Gasteiger partial charge in [-0.1, -0.05) is 45.2 Å². The topological polar surface area (TPSA) is 9.23 Å². The van der Waals surface area contributed by atoms with Crippen molar-refractivity contribution in [3.63, 3.8) is 0 Å². The zero-order valence-electron chi connectivity index (χ0n) is 10.3. The molecule has 1 unspecified atom stereocenters. The second-order valence-electron chi connectivity index (χ2n) is 4.61. The Hall–Kier alpha value is -0.410. The van der Waals surface area contributed by atoms with Crippen LogP contribution in [0, 0.1) is 0 Å². The molecule has 0 saturated carbocycles. The maximum atomic E-state index is 6.63. The average molecular weight is 393 g/mol. The van der Waals surface area contributed by atoms with Crippen molar-refractivity contribution in [2.75, 3.05) is 6.61 Å². The van der Waals surface area contributed by atoms with Crippen molar-refractivity contribution in [3.8, 4) is 5.75 Å². The van der Waals surface area contributed by atoms with E-state index in [1.165, 1.54) is 0 Å². The standard InChI is InChI=1S/C15H10BrCl3O/c16-13-7-9(17)1-2-11(13)14(19)12-6-10(18)5-8-3-4-20-15(8)12/h1-2,5-7,14H,3-4H2. The second kappa shape index (κ2) is 5.76. The minimum Gasteiger partial charge on any atom is -0.493 e. The Labute approximate surface area is 140 Å². The number of hydrogen-bond donors (Lipinski definition) is 0. The van der Waals surface area contributed by atoms with E-state index in [-0.39, 0.29) is 5.38 Å². The molecular weight excluding hydrogens is 382 g/mol. The highest BCUT2D eigenvalue weighted by Crippen LogP contribution is 2.43. The van der Waals surface area contributed by atoms with Crippen LogP contribution in [0.2, 0.25) is 10.0 Å². The molecule has 2 aromatic carbocycles. The summed E-state index contributed by atoms with van der Waals surface area (Å²) in [7, 11) is 0. The van der Waals surface area contributed by atoms with Gasteiger partial charge in [0.2, 0.25) is 0 Å². The van der Waals surface area contributed by atoms with E-state index < -0.39 is 0 Å². The predicted molar refractivity (Wildman–Crippen MR) is 87.5 cm³/mol. The highest BCUT2D eigenvalue weighted by molar-refractivity contribution is 9.10. The summed E-state index contributed by atoms with van der Waals surface area (Å²) in [4.78, 5) is 0. The van der Waals surface area contributed by atoms with Crippen LogP contribution in [0.1, 0.15) is 22.1 Å². The van der Waals surface area contributed by atoms with Crippen molar-refractivity contribution >= 4 is 50.7 Å². The van der Waals surface area contributed by atoms with Crippen molar-refractivity contribution in [2.24, 2.45) is 0 Å². The lowest BCUT2D eigenvalue weighted by Gasteiger charge is -2.16. The number of ether oxygens (including phenoxy) is 1. The number of fused-ring (bicyclic) bond motifs is 1. The zero-order valence-corrected chi connectivity index (χ0v) is 14.2. The van der Waals surface area contributed by atoms with Crippen molar-refractivity contribution in [1.29, 1.82) is 0 Å². The summed E-state index contributed by atoms with van der Waals surface area (Å²) in [5.74, 6) is 0.858. The molecule has 20 heavy (non-hydrogen) atoms. The lowest BCUT2D eigenvalue weighted by Crippen LogP contribution is -1.98. The van der Waals surface area contributed by atoms with Crippen molar-refractivity contribution in [2.45, 2.75) is 11.8 Å². The van der Waals surface area contributed by atoms with Gasteiger partial charge in [-0.05, 0) is 35.4 Å². The molecule has 0 saturated heterocycles. The molecule has 5 heteroatoms. The number of benzene rings is 2. The molecule has 0 fully saturated rings. The van der Waals surface area contributed by atoms with Crippen molar-refractivity contribution < 1.29 is 4.74 Å². The third kappa shape index (κ3) is 2.67. The highest BCUT2D eigenvalue weighted by Gasteiger charge is 2.24. The van der Waals surface area contributed by atoms with Crippen LogP contribution in [0.5, 0.6) is 5.75 Å². The van der Waals surface area contributed by atoms with Crippen LogP contribution in [0.15, 0.2) is 34.8 Å². The van der Waals surface area contributed by atoms with E-state index in [1.54, 1.807) is 0 Å². The number of halogens is 4. The van der Waals surface area contributed by atoms with Gasteiger partial charge >= 0.3 is 0 Å². The van der Waals surface area contributed by atoms with E-state index in [2.05, 4.69) is 15.9 Å². The quantitative estimate of drug-likeness (QED) is 0.568. The van der Waals surface area contributed by atoms with E-state index in [9.17, 15) is 0 Å². The summed E-state index contributed by atoms with van der Waals surface area (Å²) in [5.41, 5.74) is 2.95. The number of alkyl halides is 1. The number of rotatable bonds is 2. The van der Waals surface area contributed by atoms with E-state index in [0.29, 0.717) is 16.7 Å². The molecule has 0 aromatic heterocycles. The molecule has 3 rings (SSSR count). The first-order valence-electron chi connectivity index (χ1n) is 6.10. The molecule has 1 nitrogen and oxygen atoms in total. The van der Waals surface area contributed by atoms with Gasteiger partial charge in [-0.15, -0.1) is 11.6 Å². The smallest absolute Gasteiger partial charge is 0.127 e. The van der Waals surface area contributed by atoms with Gasteiger partial charge in [0, 0.05) is 26.5 Å². The SMILES string of the molecule is Clc1ccc(C(Cl)c2cc(Cl)cc3c2OCC3)c(Br)c1. The molecule has 0 aliphatic carbocycles. The normalized spacial score (nSPS) is 14.8. The second-order valence-corrected chi connectivity index (χ2v) is 6.77. The van der Waals surface area contributed by atoms with Gasteiger partial charge in [0.15, 0.2) is 0 Å². The first kappa shape index (κ1) is 14.5. The van der Waals surface area contributed by atoms with Gasteiger partial charge in [-0.25, -0.2) is 0 Å². The monoisotopic (exact) mass is 390 g/mol. The maximum absolute atomic E-state index is 6.63. The Bertz CT molecular complexity index is 672. The third-order valence-electron chi connectivity index (χ3n) is 3.29. The average Bonchev–Trinajstić information content (AvgIpc) is 2.85. The Balaban J connectivity index is 2.09. The first-order chi connectivity index (χ1) is 9.56. The minimum absolute atomic E-state index is 0.341. The van der Waals surface area contributed by atoms with E-state index in [4.69, 9.17) is 39.5 Å². The molecular formula is C15H10BrCl3O. The van der Waals surface area contributed by atoms with E-state index in [0.717, 1.165) is 33.3 Å². The van der Waals surface area contributed by atoms with Crippen LogP contribution in [-0.2, 0) is 6.42 Å². The predicted octanol–water partition coefficient (Wildman–Crippen LogP) is 6.02. The number of hydrogen-bond acceptors (Lipinski definition) is 1. The molecule has 0 spiro atoms. The Morgan fingerprint density at radius 1 is 1.05 bits per heavy atom. The van der Waals surface area contributed by atoms with Crippen LogP contribution >= 0.6 is 50.7 Å². The lowest BCUT2D eigenvalue weighted by molar-refractivity contribution is 0.353. The Morgan fingerprint density at radius 2 is 1.85 bits per heavy atom. The van der Waals surface area contributed by atoms with Gasteiger partial charge < -0.3 is 4.74 Å². The molecule has 1 aliphatic heterocycles. The molecule has 1 heterocycles. The zero-order chi connectivity index (χ0) is 14.3. The first-order valence-corrected chi connectivity index (χ1v) is 8.09. The Kier molecular flexibility index (Phi) is 4.19. The minimum atomic E-state index is -0.341. The van der Waals surface area contributed by atoms with E-state index >= 15 is 0 Å². The van der Waals surface area contributed by atoms with Gasteiger partial charge in [-0.3, -0.25) is 0 Å². The van der Waals surface area contributed by atoms with Crippen molar-refractivity contribution in [3.05, 3.63) is 61.5 Å². The molecule has 0 bridgehead atoms. The molecule has 0 N–H and O–H groups in total. The summed E-state index contributed by atoms with van der Waals surface area (Å²) in [6.07, 6.45) is 0.869. The summed E-state index contributed by atoms with van der Waals surface area (Å²) in [5, 5.41) is 1.00. The Morgan fingerprint density at radius 3 is 2.60 bits per heavy atom. The molecule has 1 atom stereocenters. The molecule has 2 aromatic rings. The van der Waals surface area contributed by atoms with Gasteiger partial charge in [0.1, 0.15) is 5.75 Å². The molecule has 0 radical (unpaired) electrons. The van der Waals surface area contributed by atoms with Crippen LogP contribution < -0.4 is 4.74 Å². The largest absolute Gasteiger partial charge is 0.493 e. The fourth-order valence-electron chi connectivity index (χ4n) is 2.36. The van der Waals surface area contributed by atoms with Crippen LogP contribution in [-0.4, -0.2) is 6.61 Å². The maximum Gasteiger partial charge on any atom is 0.127 e. The molecule has 0 amide bonds. The van der Waals surface area contributed by atoms with Gasteiger partial charge in [0.05, 0.1) is 12.0 Å². The van der Waals surface area contributed by atoms with Crippen LogP contribution in [0.3, 0.4) is 0 Å². The van der Waals surface area contributed by atoms with Crippen LogP contribution in [0.4, 0.5) is 0 Å². The van der Waals surface area contributed by atoms with Gasteiger partial charge in [-0.2, -0.15) is 0 Å². The fraction of sp³-hybridized carbons (Fsp3) is 0.200. The fourth-order valence-corrected chi connectivity index (χ4v) is 4.01. The van der Waals surface area contributed by atoms with Crippen molar-refractivity contribution in [1.82, 2.24) is 0 Å². The lowest BCUT2D eigenvalue weighted by atomic mass is 10.0. The summed E-state index contributed by atoms with van der Waals surface area (Å²) >= 11 is 22.3. The van der Waals surface area contributed by atoms with E-state index in [1.807, 2.05) is 30.3 Å². The third-order valence-corrected chi connectivity index (χ3v) is 4.90. The highest BCUT2D eigenvalue weighted by atomic mass is 79.9. The summed E-state index contributed by atoms with van der Waals surface area (Å²) in [6.45, 7) is 0.675.